The Bertz CT molecular complexity index is 200. The fourth-order valence-corrected chi connectivity index (χ4v) is 1.61. The molecule has 0 fully saturated rings. The molecule has 0 aromatic rings. The lowest BCUT2D eigenvalue weighted by atomic mass is 9.87. The van der Waals surface area contributed by atoms with Crippen LogP contribution in [0.3, 0.4) is 0 Å². The van der Waals surface area contributed by atoms with Gasteiger partial charge in [0.2, 0.25) is 5.91 Å². The molecule has 3 nitrogen and oxygen atoms in total. The Labute approximate surface area is 101 Å². The van der Waals surface area contributed by atoms with Crippen molar-refractivity contribution < 1.29 is 4.79 Å². The maximum absolute atomic E-state index is 11.4. The van der Waals surface area contributed by atoms with Crippen LogP contribution in [0.2, 0.25) is 0 Å². The summed E-state index contributed by atoms with van der Waals surface area (Å²) in [6.45, 7) is 8.10. The zero-order valence-corrected chi connectivity index (χ0v) is 11.6. The number of rotatable bonds is 8. The second-order valence-corrected chi connectivity index (χ2v) is 5.51. The van der Waals surface area contributed by atoms with E-state index in [1.54, 1.807) is 19.0 Å². The molecule has 0 unspecified atom stereocenters. The molecule has 3 heteroatoms. The largest absolute Gasteiger partial charge is 0.348 e. The first-order valence-electron chi connectivity index (χ1n) is 6.30. The number of hydrogen-bond donors (Lipinski definition) is 1. The second-order valence-electron chi connectivity index (χ2n) is 5.51. The SMILES string of the molecule is CCCCCC(C)(C)CNCC(=O)N(C)C. The highest BCUT2D eigenvalue weighted by atomic mass is 16.2. The Hall–Kier alpha value is -0.570. The third-order valence-electron chi connectivity index (χ3n) is 2.84. The Morgan fingerprint density at radius 1 is 1.25 bits per heavy atom. The van der Waals surface area contributed by atoms with Gasteiger partial charge in [-0.15, -0.1) is 0 Å². The van der Waals surface area contributed by atoms with Crippen LogP contribution in [0.25, 0.3) is 0 Å². The van der Waals surface area contributed by atoms with Crippen molar-refractivity contribution in [2.75, 3.05) is 27.2 Å². The van der Waals surface area contributed by atoms with Crippen molar-refractivity contribution >= 4 is 5.91 Å². The lowest BCUT2D eigenvalue weighted by Crippen LogP contribution is -2.37. The smallest absolute Gasteiger partial charge is 0.236 e. The van der Waals surface area contributed by atoms with E-state index in [0.29, 0.717) is 12.0 Å². The molecule has 0 saturated carbocycles. The Morgan fingerprint density at radius 2 is 1.88 bits per heavy atom. The van der Waals surface area contributed by atoms with Crippen LogP contribution in [-0.2, 0) is 4.79 Å². The molecule has 0 saturated heterocycles. The summed E-state index contributed by atoms with van der Waals surface area (Å²) in [7, 11) is 3.58. The minimum Gasteiger partial charge on any atom is -0.348 e. The van der Waals surface area contributed by atoms with Gasteiger partial charge in [-0.1, -0.05) is 40.0 Å². The summed E-state index contributed by atoms with van der Waals surface area (Å²) in [5.41, 5.74) is 0.293. The topological polar surface area (TPSA) is 32.3 Å². The van der Waals surface area contributed by atoms with E-state index < -0.39 is 0 Å². The number of carbonyl (C=O) groups excluding carboxylic acids is 1. The summed E-state index contributed by atoms with van der Waals surface area (Å²) in [5.74, 6) is 0.143. The summed E-state index contributed by atoms with van der Waals surface area (Å²) < 4.78 is 0. The van der Waals surface area contributed by atoms with E-state index in [-0.39, 0.29) is 5.91 Å². The fourth-order valence-electron chi connectivity index (χ4n) is 1.61. The predicted molar refractivity (Wildman–Crippen MR) is 69.5 cm³/mol. The lowest BCUT2D eigenvalue weighted by Gasteiger charge is -2.25. The Morgan fingerprint density at radius 3 is 2.38 bits per heavy atom. The van der Waals surface area contributed by atoms with Crippen molar-refractivity contribution in [2.45, 2.75) is 46.5 Å². The van der Waals surface area contributed by atoms with Crippen LogP contribution >= 0.6 is 0 Å². The average molecular weight is 228 g/mol. The molecule has 0 bridgehead atoms. The molecule has 1 amide bonds. The van der Waals surface area contributed by atoms with E-state index in [0.717, 1.165) is 6.54 Å². The fraction of sp³-hybridized carbons (Fsp3) is 0.923. The van der Waals surface area contributed by atoms with Gasteiger partial charge in [-0.05, 0) is 11.8 Å². The Kier molecular flexibility index (Phi) is 7.39. The van der Waals surface area contributed by atoms with Crippen LogP contribution in [0.4, 0.5) is 0 Å². The van der Waals surface area contributed by atoms with Gasteiger partial charge in [-0.3, -0.25) is 4.79 Å². The number of likely N-dealkylation sites (N-methyl/N-ethyl adjacent to an activating group) is 1. The zero-order valence-electron chi connectivity index (χ0n) is 11.6. The molecule has 0 aromatic heterocycles. The van der Waals surface area contributed by atoms with Gasteiger partial charge >= 0.3 is 0 Å². The first-order chi connectivity index (χ1) is 7.39. The quantitative estimate of drug-likeness (QED) is 0.646. The molecule has 0 atom stereocenters. The highest BCUT2D eigenvalue weighted by molar-refractivity contribution is 5.77. The Balaban J connectivity index is 3.69. The minimum absolute atomic E-state index is 0.143. The van der Waals surface area contributed by atoms with E-state index in [1.165, 1.54) is 25.7 Å². The van der Waals surface area contributed by atoms with Crippen molar-refractivity contribution in [1.82, 2.24) is 10.2 Å². The van der Waals surface area contributed by atoms with Crippen molar-refractivity contribution in [3.63, 3.8) is 0 Å². The van der Waals surface area contributed by atoms with Gasteiger partial charge in [-0.2, -0.15) is 0 Å². The van der Waals surface area contributed by atoms with Crippen molar-refractivity contribution in [2.24, 2.45) is 5.41 Å². The number of unbranched alkanes of at least 4 members (excludes halogenated alkanes) is 2. The van der Waals surface area contributed by atoms with Crippen LogP contribution in [-0.4, -0.2) is 38.0 Å². The van der Waals surface area contributed by atoms with Crippen LogP contribution in [0, 0.1) is 5.41 Å². The highest BCUT2D eigenvalue weighted by Gasteiger charge is 2.17. The monoisotopic (exact) mass is 228 g/mol. The normalized spacial score (nSPS) is 11.6. The highest BCUT2D eigenvalue weighted by Crippen LogP contribution is 2.22. The van der Waals surface area contributed by atoms with Gasteiger partial charge in [0.05, 0.1) is 6.54 Å². The van der Waals surface area contributed by atoms with Gasteiger partial charge in [0, 0.05) is 20.6 Å². The number of carbonyl (C=O) groups is 1. The van der Waals surface area contributed by atoms with Crippen LogP contribution in [0.1, 0.15) is 46.5 Å². The molecule has 16 heavy (non-hydrogen) atoms. The summed E-state index contributed by atoms with van der Waals surface area (Å²) in [5, 5.41) is 3.24. The molecule has 0 radical (unpaired) electrons. The molecule has 0 aliphatic carbocycles. The van der Waals surface area contributed by atoms with Gasteiger partial charge in [0.1, 0.15) is 0 Å². The molecule has 0 rings (SSSR count). The van der Waals surface area contributed by atoms with Crippen LogP contribution in [0.15, 0.2) is 0 Å². The molecular formula is C13H28N2O. The van der Waals surface area contributed by atoms with E-state index >= 15 is 0 Å². The molecule has 0 aliphatic rings. The van der Waals surface area contributed by atoms with Gasteiger partial charge in [-0.25, -0.2) is 0 Å². The average Bonchev–Trinajstić information content (AvgIpc) is 2.17. The van der Waals surface area contributed by atoms with Crippen LogP contribution < -0.4 is 5.32 Å². The maximum Gasteiger partial charge on any atom is 0.236 e. The maximum atomic E-state index is 11.4. The zero-order chi connectivity index (χ0) is 12.6. The predicted octanol–water partition coefficient (Wildman–Crippen LogP) is 2.27. The van der Waals surface area contributed by atoms with E-state index in [9.17, 15) is 4.79 Å². The van der Waals surface area contributed by atoms with Crippen LogP contribution in [0.5, 0.6) is 0 Å². The number of amides is 1. The number of hydrogen-bond acceptors (Lipinski definition) is 2. The molecule has 1 N–H and O–H groups in total. The molecule has 0 spiro atoms. The molecule has 0 heterocycles. The van der Waals surface area contributed by atoms with Gasteiger partial charge in [0.15, 0.2) is 0 Å². The summed E-state index contributed by atoms with van der Waals surface area (Å²) in [4.78, 5) is 13.0. The van der Waals surface area contributed by atoms with E-state index in [2.05, 4.69) is 26.1 Å². The van der Waals surface area contributed by atoms with Crippen molar-refractivity contribution in [1.29, 1.82) is 0 Å². The third kappa shape index (κ3) is 7.69. The summed E-state index contributed by atoms with van der Waals surface area (Å²) >= 11 is 0. The molecule has 0 aromatic carbocycles. The molecular weight excluding hydrogens is 200 g/mol. The first kappa shape index (κ1) is 15.4. The van der Waals surface area contributed by atoms with Gasteiger partial charge < -0.3 is 10.2 Å². The third-order valence-corrected chi connectivity index (χ3v) is 2.84. The first-order valence-corrected chi connectivity index (χ1v) is 6.30. The minimum atomic E-state index is 0.143. The number of nitrogens with one attached hydrogen (secondary N) is 1. The standard InChI is InChI=1S/C13H28N2O/c1-6-7-8-9-13(2,3)11-14-10-12(16)15(4)5/h14H,6-11H2,1-5H3. The lowest BCUT2D eigenvalue weighted by molar-refractivity contribution is -0.127. The van der Waals surface area contributed by atoms with Crippen molar-refractivity contribution in [3.05, 3.63) is 0 Å². The summed E-state index contributed by atoms with van der Waals surface area (Å²) in [6.07, 6.45) is 5.08. The molecule has 96 valence electrons. The number of nitrogens with zero attached hydrogens (tertiary/aromatic N) is 1. The van der Waals surface area contributed by atoms with Gasteiger partial charge in [0.25, 0.3) is 0 Å². The summed E-state index contributed by atoms with van der Waals surface area (Å²) in [6, 6.07) is 0. The molecule has 0 aliphatic heterocycles. The van der Waals surface area contributed by atoms with Crippen molar-refractivity contribution in [3.8, 4) is 0 Å². The second kappa shape index (κ2) is 7.66. The van der Waals surface area contributed by atoms with E-state index in [1.807, 2.05) is 0 Å². The van der Waals surface area contributed by atoms with E-state index in [4.69, 9.17) is 0 Å².